The average Bonchev–Trinajstić information content (AvgIpc) is 2.26. The van der Waals surface area contributed by atoms with Crippen molar-refractivity contribution >= 4 is 5.69 Å². The number of hydrogen-bond acceptors (Lipinski definition) is 2. The molecule has 1 aromatic carbocycles. The van der Waals surface area contributed by atoms with Crippen molar-refractivity contribution in [3.8, 4) is 6.07 Å². The Morgan fingerprint density at radius 3 is 2.11 bits per heavy atom. The minimum Gasteiger partial charge on any atom is -0.371 e. The fourth-order valence-corrected chi connectivity index (χ4v) is 1.96. The molecule has 0 unspecified atom stereocenters. The molecule has 0 aliphatic heterocycles. The van der Waals surface area contributed by atoms with Crippen molar-refractivity contribution < 1.29 is 4.39 Å². The molecule has 0 fully saturated rings. The average molecular weight is 248 g/mol. The summed E-state index contributed by atoms with van der Waals surface area (Å²) in [7, 11) is 0. The van der Waals surface area contributed by atoms with Gasteiger partial charge in [-0.1, -0.05) is 27.7 Å². The molecule has 2 nitrogen and oxygen atoms in total. The van der Waals surface area contributed by atoms with E-state index in [4.69, 9.17) is 5.26 Å². The number of rotatable bonds is 5. The molecule has 3 heteroatoms. The van der Waals surface area contributed by atoms with Crippen molar-refractivity contribution in [2.75, 3.05) is 18.0 Å². The molecule has 0 spiro atoms. The van der Waals surface area contributed by atoms with Crippen molar-refractivity contribution in [1.29, 1.82) is 5.26 Å². The molecule has 0 aromatic heterocycles. The highest BCUT2D eigenvalue weighted by Gasteiger charge is 2.12. The van der Waals surface area contributed by atoms with Gasteiger partial charge in [-0.15, -0.1) is 0 Å². The van der Waals surface area contributed by atoms with Gasteiger partial charge in [-0.05, 0) is 30.0 Å². The number of halogens is 1. The van der Waals surface area contributed by atoms with Crippen LogP contribution in [0.15, 0.2) is 18.2 Å². The fraction of sp³-hybridized carbons (Fsp3) is 0.533. The van der Waals surface area contributed by atoms with Crippen LogP contribution in [-0.2, 0) is 0 Å². The van der Waals surface area contributed by atoms with Gasteiger partial charge in [0.2, 0.25) is 0 Å². The Hall–Kier alpha value is -1.56. The number of benzene rings is 1. The third-order valence-corrected chi connectivity index (χ3v) is 2.61. The number of anilines is 1. The van der Waals surface area contributed by atoms with Gasteiger partial charge < -0.3 is 4.90 Å². The Kier molecular flexibility index (Phi) is 5.15. The van der Waals surface area contributed by atoms with Gasteiger partial charge in [0, 0.05) is 18.8 Å². The van der Waals surface area contributed by atoms with Crippen LogP contribution in [0.2, 0.25) is 0 Å². The second kappa shape index (κ2) is 6.39. The van der Waals surface area contributed by atoms with E-state index in [2.05, 4.69) is 32.6 Å². The molecule has 1 rings (SSSR count). The van der Waals surface area contributed by atoms with Crippen molar-refractivity contribution in [3.05, 3.63) is 29.6 Å². The zero-order valence-corrected chi connectivity index (χ0v) is 11.6. The molecule has 0 saturated carbocycles. The van der Waals surface area contributed by atoms with Crippen molar-refractivity contribution in [2.24, 2.45) is 11.8 Å². The van der Waals surface area contributed by atoms with Crippen LogP contribution in [-0.4, -0.2) is 13.1 Å². The Morgan fingerprint density at radius 2 is 1.72 bits per heavy atom. The normalized spacial score (nSPS) is 10.8. The molecule has 0 saturated heterocycles. The van der Waals surface area contributed by atoms with Crippen LogP contribution in [0.25, 0.3) is 0 Å². The van der Waals surface area contributed by atoms with E-state index in [-0.39, 0.29) is 5.56 Å². The number of hydrogen-bond donors (Lipinski definition) is 0. The van der Waals surface area contributed by atoms with Gasteiger partial charge in [0.15, 0.2) is 0 Å². The molecule has 0 atom stereocenters. The first-order valence-corrected chi connectivity index (χ1v) is 6.38. The molecule has 0 amide bonds. The summed E-state index contributed by atoms with van der Waals surface area (Å²) in [5.41, 5.74) is 0.960. The van der Waals surface area contributed by atoms with Gasteiger partial charge >= 0.3 is 0 Å². The Morgan fingerprint density at radius 1 is 1.17 bits per heavy atom. The lowest BCUT2D eigenvalue weighted by Gasteiger charge is -2.28. The van der Waals surface area contributed by atoms with E-state index in [1.54, 1.807) is 6.07 Å². The summed E-state index contributed by atoms with van der Waals surface area (Å²) in [5.74, 6) is 0.595. The minimum atomic E-state index is -0.437. The van der Waals surface area contributed by atoms with Gasteiger partial charge in [0.05, 0.1) is 5.56 Å². The second-order valence-electron chi connectivity index (χ2n) is 5.47. The van der Waals surface area contributed by atoms with Gasteiger partial charge in [0.25, 0.3) is 0 Å². The van der Waals surface area contributed by atoms with Crippen molar-refractivity contribution in [1.82, 2.24) is 0 Å². The molecule has 1 aromatic rings. The largest absolute Gasteiger partial charge is 0.371 e. The second-order valence-corrected chi connectivity index (χ2v) is 5.47. The smallest absolute Gasteiger partial charge is 0.143 e. The highest BCUT2D eigenvalue weighted by Crippen LogP contribution is 2.20. The summed E-state index contributed by atoms with van der Waals surface area (Å²) in [4.78, 5) is 2.18. The van der Waals surface area contributed by atoms with Gasteiger partial charge in [0.1, 0.15) is 11.9 Å². The molecule has 0 bridgehead atoms. The van der Waals surface area contributed by atoms with E-state index in [1.165, 1.54) is 6.07 Å². The summed E-state index contributed by atoms with van der Waals surface area (Å²) in [6.45, 7) is 10.4. The van der Waals surface area contributed by atoms with Gasteiger partial charge in [-0.2, -0.15) is 5.26 Å². The molecule has 0 aliphatic carbocycles. The third-order valence-electron chi connectivity index (χ3n) is 2.61. The van der Waals surface area contributed by atoms with Crippen LogP contribution in [0.3, 0.4) is 0 Å². The van der Waals surface area contributed by atoms with E-state index < -0.39 is 5.82 Å². The van der Waals surface area contributed by atoms with Crippen molar-refractivity contribution in [2.45, 2.75) is 27.7 Å². The summed E-state index contributed by atoms with van der Waals surface area (Å²) in [6, 6.07) is 6.69. The Balaban J connectivity index is 2.98. The zero-order chi connectivity index (χ0) is 13.7. The first kappa shape index (κ1) is 14.5. The molecular weight excluding hydrogens is 227 g/mol. The Labute approximate surface area is 109 Å². The highest BCUT2D eigenvalue weighted by molar-refractivity contribution is 5.50. The first-order valence-electron chi connectivity index (χ1n) is 6.38. The molecule has 0 radical (unpaired) electrons. The summed E-state index contributed by atoms with van der Waals surface area (Å²) in [6.07, 6.45) is 0. The molecule has 0 heterocycles. The fourth-order valence-electron chi connectivity index (χ4n) is 1.96. The zero-order valence-electron chi connectivity index (χ0n) is 11.6. The molecular formula is C15H21FN2. The van der Waals surface area contributed by atoms with Gasteiger partial charge in [-0.25, -0.2) is 4.39 Å². The standard InChI is InChI=1S/C15H21FN2/c1-11(2)9-18(10-12(3)4)14-6-5-13(8-17)15(16)7-14/h5-7,11-12H,9-10H2,1-4H3. The van der Waals surface area contributed by atoms with E-state index in [9.17, 15) is 4.39 Å². The van der Waals surface area contributed by atoms with Gasteiger partial charge in [-0.3, -0.25) is 0 Å². The first-order chi connectivity index (χ1) is 8.43. The number of nitriles is 1. The highest BCUT2D eigenvalue weighted by atomic mass is 19.1. The maximum absolute atomic E-state index is 13.6. The quantitative estimate of drug-likeness (QED) is 0.792. The molecule has 18 heavy (non-hydrogen) atoms. The Bertz CT molecular complexity index is 423. The van der Waals surface area contributed by atoms with Crippen LogP contribution in [0.4, 0.5) is 10.1 Å². The summed E-state index contributed by atoms with van der Waals surface area (Å²) >= 11 is 0. The number of nitrogens with zero attached hydrogens (tertiary/aromatic N) is 2. The van der Waals surface area contributed by atoms with Crippen LogP contribution >= 0.6 is 0 Å². The summed E-state index contributed by atoms with van der Waals surface area (Å²) in [5, 5.41) is 8.74. The maximum atomic E-state index is 13.6. The minimum absolute atomic E-state index is 0.104. The predicted molar refractivity (Wildman–Crippen MR) is 73.0 cm³/mol. The van der Waals surface area contributed by atoms with Crippen LogP contribution in [0.1, 0.15) is 33.3 Å². The topological polar surface area (TPSA) is 27.0 Å². The molecule has 0 aliphatic rings. The van der Waals surface area contributed by atoms with E-state index >= 15 is 0 Å². The molecule has 0 N–H and O–H groups in total. The summed E-state index contributed by atoms with van der Waals surface area (Å²) < 4.78 is 13.6. The predicted octanol–water partition coefficient (Wildman–Crippen LogP) is 3.82. The lowest BCUT2D eigenvalue weighted by molar-refractivity contribution is 0.550. The van der Waals surface area contributed by atoms with E-state index in [0.29, 0.717) is 11.8 Å². The lowest BCUT2D eigenvalue weighted by Crippen LogP contribution is -2.31. The maximum Gasteiger partial charge on any atom is 0.143 e. The van der Waals surface area contributed by atoms with Crippen molar-refractivity contribution in [3.63, 3.8) is 0 Å². The third kappa shape index (κ3) is 4.03. The lowest BCUT2D eigenvalue weighted by atomic mass is 10.1. The van der Waals surface area contributed by atoms with Crippen LogP contribution in [0, 0.1) is 29.0 Å². The SMILES string of the molecule is CC(C)CN(CC(C)C)c1ccc(C#N)c(F)c1. The van der Waals surface area contributed by atoms with Crippen LogP contribution in [0.5, 0.6) is 0 Å². The van der Waals surface area contributed by atoms with Crippen LogP contribution < -0.4 is 4.90 Å². The van der Waals surface area contributed by atoms with E-state index in [0.717, 1.165) is 18.8 Å². The van der Waals surface area contributed by atoms with E-state index in [1.807, 2.05) is 12.1 Å². The molecule has 98 valence electrons. The monoisotopic (exact) mass is 248 g/mol.